The maximum Gasteiger partial charge on any atom is 0.184 e. The second-order valence-electron chi connectivity index (χ2n) is 5.19. The summed E-state index contributed by atoms with van der Waals surface area (Å²) in [6.07, 6.45) is 0. The van der Waals surface area contributed by atoms with Crippen LogP contribution in [0.15, 0.2) is 46.8 Å². The van der Waals surface area contributed by atoms with Crippen molar-refractivity contribution in [1.82, 2.24) is 10.9 Å². The van der Waals surface area contributed by atoms with Gasteiger partial charge in [0.05, 0.1) is 21.4 Å². The lowest BCUT2D eigenvalue weighted by Gasteiger charge is -2.19. The number of benzene rings is 2. The molecule has 0 aliphatic carbocycles. The molecule has 0 saturated heterocycles. The Morgan fingerprint density at radius 3 is 2.30 bits per heavy atom. The normalized spacial score (nSPS) is 15.8. The molecule has 1 aliphatic rings. The van der Waals surface area contributed by atoms with E-state index in [1.54, 1.807) is 6.07 Å². The SMILES string of the molecule is Cc1cccc(C)c1N=C1NNC(c2ccc(Cl)c(Cl)c2)=CS1. The molecule has 118 valence electrons. The molecule has 2 aromatic rings. The Morgan fingerprint density at radius 1 is 0.957 bits per heavy atom. The number of rotatable bonds is 2. The van der Waals surface area contributed by atoms with Gasteiger partial charge in [-0.1, -0.05) is 59.2 Å². The van der Waals surface area contributed by atoms with Gasteiger partial charge in [0, 0.05) is 11.0 Å². The van der Waals surface area contributed by atoms with E-state index in [0.717, 1.165) is 33.2 Å². The first-order valence-corrected chi connectivity index (χ1v) is 8.67. The second kappa shape index (κ2) is 6.87. The van der Waals surface area contributed by atoms with Crippen LogP contribution in [0.5, 0.6) is 0 Å². The van der Waals surface area contributed by atoms with Gasteiger partial charge in [0.2, 0.25) is 0 Å². The Bertz CT molecular complexity index is 795. The van der Waals surface area contributed by atoms with Crippen LogP contribution in [0.3, 0.4) is 0 Å². The summed E-state index contributed by atoms with van der Waals surface area (Å²) in [7, 11) is 0. The van der Waals surface area contributed by atoms with Crippen molar-refractivity contribution in [3.05, 3.63) is 68.5 Å². The fourth-order valence-electron chi connectivity index (χ4n) is 2.24. The van der Waals surface area contributed by atoms with Crippen molar-refractivity contribution in [1.29, 1.82) is 0 Å². The number of nitrogens with zero attached hydrogens (tertiary/aromatic N) is 1. The van der Waals surface area contributed by atoms with Gasteiger partial charge < -0.3 is 0 Å². The van der Waals surface area contributed by atoms with Crippen LogP contribution in [-0.4, -0.2) is 5.17 Å². The minimum Gasteiger partial charge on any atom is -0.298 e. The summed E-state index contributed by atoms with van der Waals surface area (Å²) >= 11 is 13.5. The van der Waals surface area contributed by atoms with Crippen LogP contribution < -0.4 is 10.9 Å². The standard InChI is InChI=1S/C17H15Cl2N3S/c1-10-4-3-5-11(2)16(10)20-17-22-21-15(9-23-17)12-6-7-13(18)14(19)8-12/h3-9,21H,1-2H3,(H,20,22). The van der Waals surface area contributed by atoms with Gasteiger partial charge in [-0.2, -0.15) is 0 Å². The number of hydrogen-bond acceptors (Lipinski definition) is 3. The fraction of sp³-hybridized carbons (Fsp3) is 0.118. The molecule has 0 aromatic heterocycles. The average Bonchev–Trinajstić information content (AvgIpc) is 2.54. The topological polar surface area (TPSA) is 36.4 Å². The third-order valence-corrected chi connectivity index (χ3v) is 4.99. The number of hydrazine groups is 1. The zero-order valence-corrected chi connectivity index (χ0v) is 15.0. The van der Waals surface area contributed by atoms with Crippen LogP contribution in [-0.2, 0) is 0 Å². The van der Waals surface area contributed by atoms with Crippen LogP contribution in [0, 0.1) is 13.8 Å². The van der Waals surface area contributed by atoms with Crippen molar-refractivity contribution in [2.75, 3.05) is 0 Å². The molecular weight excluding hydrogens is 349 g/mol. The highest BCUT2D eigenvalue weighted by atomic mass is 35.5. The number of amidine groups is 1. The van der Waals surface area contributed by atoms with Gasteiger partial charge in [0.1, 0.15) is 0 Å². The highest BCUT2D eigenvalue weighted by Crippen LogP contribution is 2.29. The number of thioether (sulfide) groups is 1. The van der Waals surface area contributed by atoms with E-state index < -0.39 is 0 Å². The van der Waals surface area contributed by atoms with Crippen molar-refractivity contribution in [3.63, 3.8) is 0 Å². The summed E-state index contributed by atoms with van der Waals surface area (Å²) in [5, 5.41) is 3.88. The maximum absolute atomic E-state index is 6.07. The first-order valence-electron chi connectivity index (χ1n) is 7.04. The summed E-state index contributed by atoms with van der Waals surface area (Å²) in [5.74, 6) is 0. The lowest BCUT2D eigenvalue weighted by molar-refractivity contribution is 0.848. The predicted molar refractivity (Wildman–Crippen MR) is 101 cm³/mol. The Morgan fingerprint density at radius 2 is 1.70 bits per heavy atom. The van der Waals surface area contributed by atoms with Crippen LogP contribution in [0.25, 0.3) is 5.70 Å². The molecule has 3 rings (SSSR count). The van der Waals surface area contributed by atoms with Gasteiger partial charge >= 0.3 is 0 Å². The van der Waals surface area contributed by atoms with Gasteiger partial charge in [-0.05, 0) is 37.1 Å². The Hall–Kier alpha value is -1.62. The van der Waals surface area contributed by atoms with E-state index in [1.165, 1.54) is 11.8 Å². The zero-order chi connectivity index (χ0) is 16.4. The minimum absolute atomic E-state index is 0.534. The van der Waals surface area contributed by atoms with E-state index in [1.807, 2.05) is 23.6 Å². The number of nitrogens with one attached hydrogen (secondary N) is 2. The van der Waals surface area contributed by atoms with Crippen LogP contribution in [0.1, 0.15) is 16.7 Å². The largest absolute Gasteiger partial charge is 0.298 e. The van der Waals surface area contributed by atoms with Gasteiger partial charge in [0.15, 0.2) is 5.17 Å². The molecule has 0 fully saturated rings. The molecule has 0 amide bonds. The number of aryl methyl sites for hydroxylation is 2. The van der Waals surface area contributed by atoms with Crippen molar-refractivity contribution in [2.45, 2.75) is 13.8 Å². The summed E-state index contributed by atoms with van der Waals surface area (Å²) in [5.41, 5.74) is 11.5. The molecule has 0 saturated carbocycles. The number of aliphatic imine (C=N–C) groups is 1. The zero-order valence-electron chi connectivity index (χ0n) is 12.7. The van der Waals surface area contributed by atoms with Crippen LogP contribution in [0.2, 0.25) is 10.0 Å². The van der Waals surface area contributed by atoms with Gasteiger partial charge in [-0.15, -0.1) is 0 Å². The quantitative estimate of drug-likeness (QED) is 0.745. The van der Waals surface area contributed by atoms with Crippen molar-refractivity contribution in [2.24, 2.45) is 4.99 Å². The van der Waals surface area contributed by atoms with Crippen molar-refractivity contribution >= 4 is 51.5 Å². The minimum atomic E-state index is 0.534. The first kappa shape index (κ1) is 16.2. The molecule has 6 heteroatoms. The van der Waals surface area contributed by atoms with E-state index in [4.69, 9.17) is 28.2 Å². The lowest BCUT2D eigenvalue weighted by atomic mass is 10.1. The van der Waals surface area contributed by atoms with Crippen molar-refractivity contribution < 1.29 is 0 Å². The summed E-state index contributed by atoms with van der Waals surface area (Å²) in [6.45, 7) is 4.12. The number of hydrogen-bond donors (Lipinski definition) is 2. The summed E-state index contributed by atoms with van der Waals surface area (Å²) < 4.78 is 0. The molecule has 3 nitrogen and oxygen atoms in total. The lowest BCUT2D eigenvalue weighted by Crippen LogP contribution is -2.36. The van der Waals surface area contributed by atoms with E-state index in [-0.39, 0.29) is 0 Å². The second-order valence-corrected chi connectivity index (χ2v) is 6.86. The molecule has 0 bridgehead atoms. The van der Waals surface area contributed by atoms with E-state index in [9.17, 15) is 0 Å². The Balaban J connectivity index is 1.83. The average molecular weight is 364 g/mol. The van der Waals surface area contributed by atoms with E-state index >= 15 is 0 Å². The van der Waals surface area contributed by atoms with Gasteiger partial charge in [0.25, 0.3) is 0 Å². The fourth-order valence-corrected chi connectivity index (χ4v) is 3.21. The third kappa shape index (κ3) is 3.66. The van der Waals surface area contributed by atoms with E-state index in [2.05, 4.69) is 36.8 Å². The van der Waals surface area contributed by atoms with E-state index in [0.29, 0.717) is 10.0 Å². The summed E-state index contributed by atoms with van der Waals surface area (Å²) in [4.78, 5) is 4.69. The molecule has 0 spiro atoms. The smallest absolute Gasteiger partial charge is 0.184 e. The van der Waals surface area contributed by atoms with Crippen molar-refractivity contribution in [3.8, 4) is 0 Å². The molecule has 2 aromatic carbocycles. The molecule has 1 aliphatic heterocycles. The van der Waals surface area contributed by atoms with Gasteiger partial charge in [-0.25, -0.2) is 4.99 Å². The molecule has 0 atom stereocenters. The highest BCUT2D eigenvalue weighted by Gasteiger charge is 2.12. The van der Waals surface area contributed by atoms with Crippen LogP contribution in [0.4, 0.5) is 5.69 Å². The molecular formula is C17H15Cl2N3S. The number of halogens is 2. The Labute approximate surface area is 149 Å². The Kier molecular flexibility index (Phi) is 4.85. The summed E-state index contributed by atoms with van der Waals surface area (Å²) in [6, 6.07) is 11.7. The molecule has 1 heterocycles. The number of para-hydroxylation sites is 1. The predicted octanol–water partition coefficient (Wildman–Crippen LogP) is 5.44. The maximum atomic E-state index is 6.07. The third-order valence-electron chi connectivity index (χ3n) is 3.48. The highest BCUT2D eigenvalue weighted by molar-refractivity contribution is 8.16. The monoisotopic (exact) mass is 363 g/mol. The first-order chi connectivity index (χ1) is 11.0. The molecule has 0 unspecified atom stereocenters. The molecule has 2 N–H and O–H groups in total. The molecule has 23 heavy (non-hydrogen) atoms. The van der Waals surface area contributed by atoms with Crippen LogP contribution >= 0.6 is 35.0 Å². The molecule has 0 radical (unpaired) electrons. The van der Waals surface area contributed by atoms with Gasteiger partial charge in [-0.3, -0.25) is 10.9 Å².